The van der Waals surface area contributed by atoms with Crippen LogP contribution in [0, 0.1) is 12.7 Å². The maximum atomic E-state index is 14.4. The summed E-state index contributed by atoms with van der Waals surface area (Å²) in [6, 6.07) is 5.93. The summed E-state index contributed by atoms with van der Waals surface area (Å²) in [5, 5.41) is 3.24. The molecule has 0 saturated carbocycles. The third-order valence-corrected chi connectivity index (χ3v) is 4.71. The number of amides is 1. The maximum Gasteiger partial charge on any atom is 0.270 e. The Balaban J connectivity index is 1.80. The molecule has 1 aromatic carbocycles. The zero-order valence-corrected chi connectivity index (χ0v) is 14.8. The molecule has 0 aliphatic carbocycles. The summed E-state index contributed by atoms with van der Waals surface area (Å²) >= 11 is 6.26. The first-order chi connectivity index (χ1) is 12.1. The van der Waals surface area contributed by atoms with Crippen LogP contribution in [0.4, 0.5) is 4.39 Å². The van der Waals surface area contributed by atoms with Crippen LogP contribution in [0.2, 0.25) is 5.02 Å². The van der Waals surface area contributed by atoms with Gasteiger partial charge in [0, 0.05) is 23.3 Å². The number of likely N-dealkylation sites (tertiary alicyclic amines) is 1. The molecule has 0 unspecified atom stereocenters. The fourth-order valence-electron chi connectivity index (χ4n) is 3.16. The van der Waals surface area contributed by atoms with Crippen molar-refractivity contribution in [1.29, 1.82) is 0 Å². The van der Waals surface area contributed by atoms with E-state index in [1.807, 2.05) is 0 Å². The van der Waals surface area contributed by atoms with E-state index in [1.54, 1.807) is 31.3 Å². The zero-order valence-electron chi connectivity index (χ0n) is 14.0. The Kier molecular flexibility index (Phi) is 5.60. The van der Waals surface area contributed by atoms with Crippen LogP contribution < -0.4 is 5.32 Å². The van der Waals surface area contributed by atoms with Crippen LogP contribution in [0.5, 0.6) is 0 Å². The molecule has 1 saturated heterocycles. The van der Waals surface area contributed by atoms with Crippen molar-refractivity contribution in [1.82, 2.24) is 20.2 Å². The average molecular weight is 363 g/mol. The number of halogens is 2. The van der Waals surface area contributed by atoms with Gasteiger partial charge in [0.1, 0.15) is 17.3 Å². The quantitative estimate of drug-likeness (QED) is 0.887. The molecule has 0 radical (unpaired) electrons. The number of aryl methyl sites for hydroxylation is 1. The van der Waals surface area contributed by atoms with Crippen LogP contribution in [-0.4, -0.2) is 40.4 Å². The first-order valence-corrected chi connectivity index (χ1v) is 8.70. The van der Waals surface area contributed by atoms with E-state index in [9.17, 15) is 9.18 Å². The maximum absolute atomic E-state index is 14.4. The van der Waals surface area contributed by atoms with Crippen LogP contribution in [0.1, 0.15) is 40.8 Å². The first-order valence-electron chi connectivity index (χ1n) is 8.32. The van der Waals surface area contributed by atoms with E-state index in [4.69, 9.17) is 11.6 Å². The average Bonchev–Trinajstić information content (AvgIpc) is 3.11. The van der Waals surface area contributed by atoms with E-state index in [0.717, 1.165) is 25.9 Å². The van der Waals surface area contributed by atoms with Crippen molar-refractivity contribution in [2.24, 2.45) is 0 Å². The van der Waals surface area contributed by atoms with Gasteiger partial charge in [0.25, 0.3) is 5.91 Å². The van der Waals surface area contributed by atoms with Crippen molar-refractivity contribution in [2.45, 2.75) is 25.8 Å². The molecular formula is C18H20ClFN4O. The van der Waals surface area contributed by atoms with E-state index in [-0.39, 0.29) is 24.3 Å². The molecule has 1 amide bonds. The highest BCUT2D eigenvalue weighted by Gasteiger charge is 2.28. The third kappa shape index (κ3) is 4.14. The number of nitrogens with one attached hydrogen (secondary N) is 1. The largest absolute Gasteiger partial charge is 0.349 e. The van der Waals surface area contributed by atoms with Crippen molar-refractivity contribution in [3.8, 4) is 0 Å². The summed E-state index contributed by atoms with van der Waals surface area (Å²) in [7, 11) is 0. The number of hydrogen-bond donors (Lipinski definition) is 1. The molecule has 1 aliphatic heterocycles. The lowest BCUT2D eigenvalue weighted by atomic mass is 10.0. The molecule has 1 aliphatic rings. The third-order valence-electron chi connectivity index (χ3n) is 4.38. The highest BCUT2D eigenvalue weighted by Crippen LogP contribution is 2.31. The van der Waals surface area contributed by atoms with Crippen LogP contribution in [0.15, 0.2) is 30.5 Å². The van der Waals surface area contributed by atoms with Gasteiger partial charge in [0.05, 0.1) is 6.04 Å². The van der Waals surface area contributed by atoms with Gasteiger partial charge in [-0.3, -0.25) is 9.69 Å². The smallest absolute Gasteiger partial charge is 0.270 e. The molecule has 2 heterocycles. The molecule has 25 heavy (non-hydrogen) atoms. The molecule has 7 heteroatoms. The number of rotatable bonds is 5. The van der Waals surface area contributed by atoms with E-state index < -0.39 is 0 Å². The summed E-state index contributed by atoms with van der Waals surface area (Å²) in [4.78, 5) is 22.6. The predicted molar refractivity (Wildman–Crippen MR) is 94.1 cm³/mol. The molecule has 1 atom stereocenters. The minimum absolute atomic E-state index is 0.266. The summed E-state index contributed by atoms with van der Waals surface area (Å²) in [5.41, 5.74) is 0.734. The number of carbonyl (C=O) groups is 1. The van der Waals surface area contributed by atoms with Crippen LogP contribution in [0.3, 0.4) is 0 Å². The van der Waals surface area contributed by atoms with Gasteiger partial charge in [-0.2, -0.15) is 0 Å². The fourth-order valence-corrected chi connectivity index (χ4v) is 3.45. The number of hydrogen-bond acceptors (Lipinski definition) is 4. The Morgan fingerprint density at radius 3 is 2.80 bits per heavy atom. The minimum Gasteiger partial charge on any atom is -0.349 e. The highest BCUT2D eigenvalue weighted by molar-refractivity contribution is 6.31. The molecule has 1 N–H and O–H groups in total. The summed E-state index contributed by atoms with van der Waals surface area (Å²) < 4.78 is 14.4. The van der Waals surface area contributed by atoms with E-state index in [1.165, 1.54) is 6.07 Å². The fraction of sp³-hybridized carbons (Fsp3) is 0.389. The molecule has 5 nitrogen and oxygen atoms in total. The molecule has 132 valence electrons. The van der Waals surface area contributed by atoms with Crippen molar-refractivity contribution in [2.75, 3.05) is 19.6 Å². The molecule has 1 fully saturated rings. The zero-order chi connectivity index (χ0) is 17.8. The van der Waals surface area contributed by atoms with Crippen molar-refractivity contribution >= 4 is 17.5 Å². The molecule has 3 rings (SSSR count). The van der Waals surface area contributed by atoms with Gasteiger partial charge in [-0.05, 0) is 51.1 Å². The Labute approximate surface area is 151 Å². The second-order valence-electron chi connectivity index (χ2n) is 6.09. The highest BCUT2D eigenvalue weighted by atomic mass is 35.5. The van der Waals surface area contributed by atoms with Crippen molar-refractivity contribution < 1.29 is 9.18 Å². The molecule has 1 aromatic heterocycles. The monoisotopic (exact) mass is 362 g/mol. The first kappa shape index (κ1) is 17.8. The lowest BCUT2D eigenvalue weighted by Gasteiger charge is -2.29. The summed E-state index contributed by atoms with van der Waals surface area (Å²) in [6.07, 6.45) is 3.66. The second kappa shape index (κ2) is 7.89. The Hall–Kier alpha value is -2.05. The van der Waals surface area contributed by atoms with Gasteiger partial charge in [-0.15, -0.1) is 0 Å². The minimum atomic E-state index is -0.350. The second-order valence-corrected chi connectivity index (χ2v) is 6.50. The normalized spacial score (nSPS) is 16.0. The lowest BCUT2D eigenvalue weighted by molar-refractivity contribution is 0.0931. The van der Waals surface area contributed by atoms with Gasteiger partial charge in [0.2, 0.25) is 0 Å². The Morgan fingerprint density at radius 2 is 2.12 bits per heavy atom. The van der Waals surface area contributed by atoms with Crippen LogP contribution in [-0.2, 0) is 0 Å². The number of nitrogens with zero attached hydrogens (tertiary/aromatic N) is 3. The van der Waals surface area contributed by atoms with Crippen molar-refractivity contribution in [3.05, 3.63) is 58.4 Å². The topological polar surface area (TPSA) is 58.1 Å². The Morgan fingerprint density at radius 1 is 1.36 bits per heavy atom. The lowest BCUT2D eigenvalue weighted by Crippen LogP contribution is -2.37. The van der Waals surface area contributed by atoms with Gasteiger partial charge >= 0.3 is 0 Å². The number of aromatic nitrogens is 2. The summed E-state index contributed by atoms with van der Waals surface area (Å²) in [5.74, 6) is -0.125. The van der Waals surface area contributed by atoms with Crippen molar-refractivity contribution in [3.63, 3.8) is 0 Å². The van der Waals surface area contributed by atoms with E-state index >= 15 is 0 Å². The summed E-state index contributed by atoms with van der Waals surface area (Å²) in [6.45, 7) is 3.71. The van der Waals surface area contributed by atoms with Gasteiger partial charge in [-0.1, -0.05) is 17.7 Å². The van der Waals surface area contributed by atoms with Gasteiger partial charge in [-0.25, -0.2) is 14.4 Å². The van der Waals surface area contributed by atoms with Gasteiger partial charge < -0.3 is 5.32 Å². The van der Waals surface area contributed by atoms with E-state index in [0.29, 0.717) is 22.1 Å². The molecule has 0 bridgehead atoms. The molecule has 2 aromatic rings. The Bertz CT molecular complexity index is 744. The van der Waals surface area contributed by atoms with Gasteiger partial charge in [0.15, 0.2) is 0 Å². The number of benzene rings is 1. The van der Waals surface area contributed by atoms with E-state index in [2.05, 4.69) is 20.2 Å². The van der Waals surface area contributed by atoms with Crippen LogP contribution >= 0.6 is 11.6 Å². The predicted octanol–water partition coefficient (Wildman–Crippen LogP) is 3.14. The number of carbonyl (C=O) groups excluding carboxylic acids is 1. The van der Waals surface area contributed by atoms with Crippen LogP contribution in [0.25, 0.3) is 0 Å². The molecule has 0 spiro atoms. The SMILES string of the molecule is Cc1nccc(C(=O)NC[C@H](c2c(F)cccc2Cl)N2CCCC2)n1. The standard InChI is InChI=1S/C18H20ClFN4O/c1-12-21-8-7-15(23-12)18(25)22-11-16(24-9-2-3-10-24)17-13(19)5-4-6-14(17)20/h4-8,16H,2-3,9-11H2,1H3,(H,22,25)/t16-/m1/s1. The molecular weight excluding hydrogens is 343 g/mol.